The van der Waals surface area contributed by atoms with E-state index in [9.17, 15) is 0 Å². The van der Waals surface area contributed by atoms with Gasteiger partial charge < -0.3 is 20.6 Å². The fourth-order valence-corrected chi connectivity index (χ4v) is 6.20. The van der Waals surface area contributed by atoms with E-state index < -0.39 is 0 Å². The maximum absolute atomic E-state index is 8.77. The van der Waals surface area contributed by atoms with Crippen LogP contribution in [0.5, 0.6) is 0 Å². The van der Waals surface area contributed by atoms with Gasteiger partial charge in [0.1, 0.15) is 12.2 Å². The van der Waals surface area contributed by atoms with Crippen molar-refractivity contribution in [3.05, 3.63) is 121 Å². The molecule has 9 heteroatoms. The number of hydrogen-bond acceptors (Lipinski definition) is 9. The highest BCUT2D eigenvalue weighted by molar-refractivity contribution is 6.14. The summed E-state index contributed by atoms with van der Waals surface area (Å²) in [6.07, 6.45) is 23.9. The third kappa shape index (κ3) is 14.6. The van der Waals surface area contributed by atoms with Crippen molar-refractivity contribution in [2.45, 2.75) is 77.6 Å². The van der Waals surface area contributed by atoms with Gasteiger partial charge in [-0.2, -0.15) is 15.5 Å². The standard InChI is InChI=1S/C27H41N5.C13H15N.C3H7N3/c1-9-22(2)14-15-23(3)29(7)18-19-30(8)24(4)16-17-25(5)31-21-28-32(26(31)6)20-27-12-10-11-13-27;1-10-8-11(9-14)6-7-13(10)12-4-2-3-5-12;1-5-6-3-2-4/h14-17,21,27H,2-6,9-13,18-20H2,1,7-8H3;6-8,12H,2-5H2,1H3;2-5H,1H3/b15-14-,17-16-;;4-2?,6-3-. The van der Waals surface area contributed by atoms with Gasteiger partial charge in [-0.25, -0.2) is 5.01 Å². The Morgan fingerprint density at radius 1 is 1.00 bits per heavy atom. The molecule has 0 bridgehead atoms. The molecule has 3 aliphatic rings. The van der Waals surface area contributed by atoms with E-state index in [2.05, 4.69) is 84.3 Å². The van der Waals surface area contributed by atoms with Crippen molar-refractivity contribution >= 4 is 18.8 Å². The molecule has 0 saturated heterocycles. The first kappa shape index (κ1) is 43.1. The minimum atomic E-state index is 0.719. The molecule has 1 heterocycles. The second-order valence-corrected chi connectivity index (χ2v) is 13.6. The molecule has 9 nitrogen and oxygen atoms in total. The largest absolute Gasteiger partial charge is 0.373 e. The monoisotopic (exact) mass is 706 g/mol. The van der Waals surface area contributed by atoms with E-state index in [1.807, 2.05) is 60.4 Å². The minimum Gasteiger partial charge on any atom is -0.373 e. The van der Waals surface area contributed by atoms with Crippen LogP contribution in [0.2, 0.25) is 0 Å². The van der Waals surface area contributed by atoms with Gasteiger partial charge >= 0.3 is 0 Å². The molecular weight excluding hydrogens is 643 g/mol. The molecule has 1 aromatic carbocycles. The molecule has 1 aromatic rings. The Bertz CT molecular complexity index is 1530. The van der Waals surface area contributed by atoms with Gasteiger partial charge in [-0.15, -0.1) is 0 Å². The number of benzene rings is 1. The summed E-state index contributed by atoms with van der Waals surface area (Å²) in [5, 5.41) is 25.2. The van der Waals surface area contributed by atoms with Gasteiger partial charge in [0.05, 0.1) is 17.8 Å². The van der Waals surface area contributed by atoms with E-state index in [1.165, 1.54) is 68.7 Å². The number of nitrogens with zero attached hydrogens (tertiary/aromatic N) is 7. The third-order valence-electron chi connectivity index (χ3n) is 9.75. The van der Waals surface area contributed by atoms with Crippen LogP contribution in [-0.2, 0) is 0 Å². The van der Waals surface area contributed by atoms with Crippen molar-refractivity contribution in [1.82, 2.24) is 25.1 Å². The number of hydrogen-bond donors (Lipinski definition) is 2. The molecule has 0 spiro atoms. The van der Waals surface area contributed by atoms with Crippen LogP contribution in [0, 0.1) is 29.6 Å². The molecular formula is C43H63N9. The minimum absolute atomic E-state index is 0.719. The number of aryl methyl sites for hydroxylation is 1. The van der Waals surface area contributed by atoms with Gasteiger partial charge in [0.2, 0.25) is 0 Å². The second kappa shape index (κ2) is 23.4. The van der Waals surface area contributed by atoms with E-state index >= 15 is 0 Å². The topological polar surface area (TPSA) is 97.3 Å². The van der Waals surface area contributed by atoms with Crippen molar-refractivity contribution in [3.63, 3.8) is 0 Å². The Balaban J connectivity index is 0.000000380. The fraction of sp³-hybridized carbons (Fsp3) is 0.442. The quantitative estimate of drug-likeness (QED) is 0.101. The normalized spacial score (nSPS) is 15.7. The summed E-state index contributed by atoms with van der Waals surface area (Å²) in [6, 6.07) is 8.28. The van der Waals surface area contributed by atoms with Crippen LogP contribution in [0.4, 0.5) is 0 Å². The summed E-state index contributed by atoms with van der Waals surface area (Å²) in [5.41, 5.74) is 9.83. The highest BCUT2D eigenvalue weighted by Gasteiger charge is 2.25. The van der Waals surface area contributed by atoms with Gasteiger partial charge in [0.15, 0.2) is 0 Å². The van der Waals surface area contributed by atoms with Gasteiger partial charge in [0, 0.05) is 64.1 Å². The van der Waals surface area contributed by atoms with Crippen molar-refractivity contribution in [3.8, 4) is 6.07 Å². The molecule has 2 fully saturated rings. The Morgan fingerprint density at radius 2 is 1.60 bits per heavy atom. The molecule has 2 N–H and O–H groups in total. The van der Waals surface area contributed by atoms with Crippen molar-refractivity contribution < 1.29 is 0 Å². The molecule has 0 atom stereocenters. The van der Waals surface area contributed by atoms with Crippen LogP contribution >= 0.6 is 0 Å². The van der Waals surface area contributed by atoms with Crippen molar-refractivity contribution in [1.29, 1.82) is 10.7 Å². The maximum Gasteiger partial charge on any atom is 0.127 e. The predicted octanol–water partition coefficient (Wildman–Crippen LogP) is 9.06. The van der Waals surface area contributed by atoms with Gasteiger partial charge in [-0.1, -0.05) is 83.2 Å². The number of rotatable bonds is 16. The Labute approximate surface area is 314 Å². The lowest BCUT2D eigenvalue weighted by Crippen LogP contribution is -2.29. The number of allylic oxidation sites excluding steroid dienone is 5. The van der Waals surface area contributed by atoms with Crippen LogP contribution < -0.4 is 5.43 Å². The third-order valence-corrected chi connectivity index (χ3v) is 9.75. The average molecular weight is 706 g/mol. The predicted molar refractivity (Wildman–Crippen MR) is 222 cm³/mol. The van der Waals surface area contributed by atoms with Crippen molar-refractivity contribution in [2.75, 3.05) is 40.8 Å². The first-order valence-electron chi connectivity index (χ1n) is 18.5. The second-order valence-electron chi connectivity index (χ2n) is 13.6. The zero-order chi connectivity index (χ0) is 38.5. The van der Waals surface area contributed by atoms with Crippen LogP contribution in [0.1, 0.15) is 87.3 Å². The molecule has 52 heavy (non-hydrogen) atoms. The molecule has 2 aliphatic carbocycles. The molecule has 0 unspecified atom stereocenters. The summed E-state index contributed by atoms with van der Waals surface area (Å²) < 4.78 is 0. The van der Waals surface area contributed by atoms with Crippen molar-refractivity contribution in [2.24, 2.45) is 16.1 Å². The smallest absolute Gasteiger partial charge is 0.127 e. The molecule has 2 saturated carbocycles. The molecule has 0 radical (unpaired) electrons. The van der Waals surface area contributed by atoms with Gasteiger partial charge in [0.25, 0.3) is 0 Å². The van der Waals surface area contributed by atoms with Crippen LogP contribution in [-0.4, -0.2) is 79.3 Å². The first-order chi connectivity index (χ1) is 24.9. The maximum atomic E-state index is 8.77. The molecule has 280 valence electrons. The summed E-state index contributed by atoms with van der Waals surface area (Å²) in [5.74, 6) is 2.34. The average Bonchev–Trinajstić information content (AvgIpc) is 3.95. The molecule has 4 rings (SSSR count). The first-order valence-corrected chi connectivity index (χ1v) is 18.5. The van der Waals surface area contributed by atoms with Crippen LogP contribution in [0.15, 0.2) is 114 Å². The van der Waals surface area contributed by atoms with E-state index in [1.54, 1.807) is 13.4 Å². The molecule has 1 aliphatic heterocycles. The highest BCUT2D eigenvalue weighted by atomic mass is 15.6. The lowest BCUT2D eigenvalue weighted by Gasteiger charge is -2.26. The zero-order valence-corrected chi connectivity index (χ0v) is 32.6. The fourth-order valence-electron chi connectivity index (χ4n) is 6.20. The Kier molecular flexibility index (Phi) is 19.4. The number of hydrazone groups is 2. The molecule has 0 amide bonds. The number of likely N-dealkylation sites (N-methyl/N-ethyl adjacent to an activating group) is 2. The lowest BCUT2D eigenvalue weighted by molar-refractivity contribution is 0.285. The zero-order valence-electron chi connectivity index (χ0n) is 32.6. The van der Waals surface area contributed by atoms with Crippen LogP contribution in [0.25, 0.3) is 0 Å². The molecule has 0 aromatic heterocycles. The summed E-state index contributed by atoms with van der Waals surface area (Å²) in [4.78, 5) is 6.20. The van der Waals surface area contributed by atoms with E-state index in [-0.39, 0.29) is 0 Å². The summed E-state index contributed by atoms with van der Waals surface area (Å²) in [7, 11) is 5.77. The SMILES string of the molecule is C=C(/C=C\C(=C)N(C)CCN(C)C(=C)/C=C\C(=C)N1C=NN(CC2CCCC2)C1=C)CC.CN/N=C\C=N.Cc1cc(C#N)ccc1C1CCCC1. The summed E-state index contributed by atoms with van der Waals surface area (Å²) >= 11 is 0. The van der Waals surface area contributed by atoms with E-state index in [0.29, 0.717) is 0 Å². The van der Waals surface area contributed by atoms with Crippen LogP contribution in [0.3, 0.4) is 0 Å². The number of nitriles is 1. The van der Waals surface area contributed by atoms with E-state index in [4.69, 9.17) is 10.7 Å². The number of nitrogens with one attached hydrogen (secondary N) is 2. The lowest BCUT2D eigenvalue weighted by atomic mass is 9.92. The van der Waals surface area contributed by atoms with E-state index in [0.717, 1.165) is 78.2 Å². The highest BCUT2D eigenvalue weighted by Crippen LogP contribution is 2.35. The summed E-state index contributed by atoms with van der Waals surface area (Å²) in [6.45, 7) is 27.6. The Hall–Kier alpha value is -5.10. The van der Waals surface area contributed by atoms with Gasteiger partial charge in [-0.3, -0.25) is 4.90 Å². The Morgan fingerprint density at radius 3 is 2.12 bits per heavy atom. The van der Waals surface area contributed by atoms with Gasteiger partial charge in [-0.05, 0) is 92.4 Å².